The van der Waals surface area contributed by atoms with Crippen LogP contribution in [-0.2, 0) is 0 Å². The van der Waals surface area contributed by atoms with E-state index in [0.717, 1.165) is 17.2 Å². The number of hydrogen-bond acceptors (Lipinski definition) is 2. The highest BCUT2D eigenvalue weighted by Gasteiger charge is 2.06. The second kappa shape index (κ2) is 4.35. The van der Waals surface area contributed by atoms with Gasteiger partial charge in [-0.1, -0.05) is 12.1 Å². The van der Waals surface area contributed by atoms with Crippen LogP contribution in [0.3, 0.4) is 0 Å². The van der Waals surface area contributed by atoms with Crippen molar-refractivity contribution >= 4 is 5.95 Å². The van der Waals surface area contributed by atoms with Gasteiger partial charge in [0.15, 0.2) is 0 Å². The summed E-state index contributed by atoms with van der Waals surface area (Å²) in [6, 6.07) is 6.54. The average Bonchev–Trinajstić information content (AvgIpc) is 2.65. The molecule has 0 amide bonds. The fourth-order valence-electron chi connectivity index (χ4n) is 1.53. The Morgan fingerprint density at radius 2 is 2.00 bits per heavy atom. The van der Waals surface area contributed by atoms with Gasteiger partial charge < -0.3 is 10.3 Å². The molecule has 4 heteroatoms. The number of nitrogens with one attached hydrogen (secondary N) is 2. The normalized spacial score (nSPS) is 12.4. The molecule has 0 saturated heterocycles. The molecule has 0 aliphatic rings. The Bertz CT molecular complexity index is 461. The largest absolute Gasteiger partial charge is 0.349 e. The molecular weight excluding hydrogens is 205 g/mol. The summed E-state index contributed by atoms with van der Waals surface area (Å²) in [6.07, 6.45) is 1.76. The topological polar surface area (TPSA) is 40.7 Å². The summed E-state index contributed by atoms with van der Waals surface area (Å²) in [5.41, 5.74) is 2.03. The van der Waals surface area contributed by atoms with Gasteiger partial charge in [0.25, 0.3) is 0 Å². The van der Waals surface area contributed by atoms with Crippen molar-refractivity contribution in [2.45, 2.75) is 19.9 Å². The lowest BCUT2D eigenvalue weighted by atomic mass is 10.1. The van der Waals surface area contributed by atoms with E-state index in [1.165, 1.54) is 12.1 Å². The third kappa shape index (κ3) is 2.39. The third-order valence-electron chi connectivity index (χ3n) is 2.43. The zero-order chi connectivity index (χ0) is 11.5. The Kier molecular flexibility index (Phi) is 2.90. The van der Waals surface area contributed by atoms with Gasteiger partial charge in [0.05, 0.1) is 6.04 Å². The Hall–Kier alpha value is -1.84. The molecule has 0 radical (unpaired) electrons. The number of imidazole rings is 1. The summed E-state index contributed by atoms with van der Waals surface area (Å²) in [7, 11) is 0. The molecule has 0 aliphatic carbocycles. The summed E-state index contributed by atoms with van der Waals surface area (Å²) in [5.74, 6) is 0.513. The molecule has 2 N–H and O–H groups in total. The van der Waals surface area contributed by atoms with E-state index in [1.807, 2.05) is 13.8 Å². The van der Waals surface area contributed by atoms with Crippen LogP contribution in [0.4, 0.5) is 10.3 Å². The van der Waals surface area contributed by atoms with Crippen LogP contribution in [0.15, 0.2) is 30.5 Å². The summed E-state index contributed by atoms with van der Waals surface area (Å²) >= 11 is 0. The van der Waals surface area contributed by atoms with Gasteiger partial charge in [-0.15, -0.1) is 0 Å². The van der Waals surface area contributed by atoms with Gasteiger partial charge in [-0.3, -0.25) is 0 Å². The van der Waals surface area contributed by atoms with Crippen molar-refractivity contribution in [3.05, 3.63) is 47.5 Å². The van der Waals surface area contributed by atoms with Crippen LogP contribution in [0.2, 0.25) is 0 Å². The molecule has 2 aromatic rings. The van der Waals surface area contributed by atoms with E-state index in [9.17, 15) is 4.39 Å². The maximum absolute atomic E-state index is 12.7. The fraction of sp³-hybridized carbons (Fsp3) is 0.250. The number of aryl methyl sites for hydroxylation is 1. The van der Waals surface area contributed by atoms with Crippen LogP contribution in [0.1, 0.15) is 24.2 Å². The number of anilines is 1. The number of halogens is 1. The van der Waals surface area contributed by atoms with Crippen LogP contribution in [0, 0.1) is 12.7 Å². The van der Waals surface area contributed by atoms with Crippen molar-refractivity contribution in [3.63, 3.8) is 0 Å². The second-order valence-corrected chi connectivity index (χ2v) is 3.83. The number of rotatable bonds is 3. The molecule has 1 aromatic carbocycles. The van der Waals surface area contributed by atoms with Crippen molar-refractivity contribution in [2.75, 3.05) is 5.32 Å². The zero-order valence-electron chi connectivity index (χ0n) is 9.29. The van der Waals surface area contributed by atoms with Gasteiger partial charge in [0, 0.05) is 11.9 Å². The Morgan fingerprint density at radius 3 is 2.56 bits per heavy atom. The monoisotopic (exact) mass is 219 g/mol. The predicted molar refractivity (Wildman–Crippen MR) is 61.8 cm³/mol. The van der Waals surface area contributed by atoms with Gasteiger partial charge in [-0.05, 0) is 31.5 Å². The molecule has 0 aliphatic heterocycles. The molecule has 1 aromatic heterocycles. The number of H-pyrrole nitrogens is 1. The number of aromatic amines is 1. The number of benzene rings is 1. The number of hydrogen-bond donors (Lipinski definition) is 2. The molecule has 1 heterocycles. The predicted octanol–water partition coefficient (Wildman–Crippen LogP) is 3.03. The van der Waals surface area contributed by atoms with E-state index in [1.54, 1.807) is 18.3 Å². The first-order chi connectivity index (χ1) is 7.65. The Labute approximate surface area is 93.7 Å². The van der Waals surface area contributed by atoms with Crippen molar-refractivity contribution in [3.8, 4) is 0 Å². The van der Waals surface area contributed by atoms with Gasteiger partial charge in [0.2, 0.25) is 5.95 Å². The summed E-state index contributed by atoms with van der Waals surface area (Å²) in [6.45, 7) is 3.95. The van der Waals surface area contributed by atoms with Crippen LogP contribution < -0.4 is 5.32 Å². The Balaban J connectivity index is 2.08. The average molecular weight is 219 g/mol. The second-order valence-electron chi connectivity index (χ2n) is 3.83. The minimum atomic E-state index is -0.218. The first-order valence-corrected chi connectivity index (χ1v) is 5.19. The van der Waals surface area contributed by atoms with Crippen LogP contribution in [0.25, 0.3) is 0 Å². The lowest BCUT2D eigenvalue weighted by molar-refractivity contribution is 0.626. The van der Waals surface area contributed by atoms with E-state index < -0.39 is 0 Å². The molecule has 2 rings (SSSR count). The smallest absolute Gasteiger partial charge is 0.200 e. The molecule has 1 unspecified atom stereocenters. The highest BCUT2D eigenvalue weighted by atomic mass is 19.1. The number of aromatic nitrogens is 2. The molecule has 0 saturated carbocycles. The maximum atomic E-state index is 12.7. The van der Waals surface area contributed by atoms with E-state index in [2.05, 4.69) is 15.3 Å². The number of nitrogens with zero attached hydrogens (tertiary/aromatic N) is 1. The van der Waals surface area contributed by atoms with Crippen molar-refractivity contribution in [1.29, 1.82) is 0 Å². The highest BCUT2D eigenvalue weighted by molar-refractivity contribution is 5.32. The van der Waals surface area contributed by atoms with Gasteiger partial charge in [-0.2, -0.15) is 0 Å². The minimum Gasteiger partial charge on any atom is -0.349 e. The van der Waals surface area contributed by atoms with Crippen molar-refractivity contribution in [2.24, 2.45) is 0 Å². The first-order valence-electron chi connectivity index (χ1n) is 5.19. The molecule has 1 atom stereocenters. The molecule has 16 heavy (non-hydrogen) atoms. The summed E-state index contributed by atoms with van der Waals surface area (Å²) in [5, 5.41) is 3.21. The van der Waals surface area contributed by atoms with Crippen LogP contribution in [-0.4, -0.2) is 9.97 Å². The quantitative estimate of drug-likeness (QED) is 0.833. The van der Waals surface area contributed by atoms with Gasteiger partial charge in [0.1, 0.15) is 5.82 Å². The highest BCUT2D eigenvalue weighted by Crippen LogP contribution is 2.17. The van der Waals surface area contributed by atoms with Crippen molar-refractivity contribution in [1.82, 2.24) is 9.97 Å². The first kappa shape index (κ1) is 10.7. The van der Waals surface area contributed by atoms with E-state index in [4.69, 9.17) is 0 Å². The van der Waals surface area contributed by atoms with Gasteiger partial charge >= 0.3 is 0 Å². The Morgan fingerprint density at radius 1 is 1.31 bits per heavy atom. The lowest BCUT2D eigenvalue weighted by Gasteiger charge is -2.13. The standard InChI is InChI=1S/C12H14FN3/c1-8-7-14-12(15-8)16-9(2)10-3-5-11(13)6-4-10/h3-7,9H,1-2H3,(H2,14,15,16). The molecule has 3 nitrogen and oxygen atoms in total. The molecule has 0 spiro atoms. The molecule has 0 bridgehead atoms. The maximum Gasteiger partial charge on any atom is 0.200 e. The summed E-state index contributed by atoms with van der Waals surface area (Å²) in [4.78, 5) is 7.25. The van der Waals surface area contributed by atoms with E-state index in [0.29, 0.717) is 0 Å². The van der Waals surface area contributed by atoms with Crippen molar-refractivity contribution < 1.29 is 4.39 Å². The zero-order valence-corrected chi connectivity index (χ0v) is 9.29. The fourth-order valence-corrected chi connectivity index (χ4v) is 1.53. The minimum absolute atomic E-state index is 0.0890. The van der Waals surface area contributed by atoms with Gasteiger partial charge in [-0.25, -0.2) is 9.37 Å². The van der Waals surface area contributed by atoms with E-state index >= 15 is 0 Å². The lowest BCUT2D eigenvalue weighted by Crippen LogP contribution is -2.07. The molecule has 0 fully saturated rings. The molecular formula is C12H14FN3. The molecule has 84 valence electrons. The summed E-state index contributed by atoms with van der Waals surface area (Å²) < 4.78 is 12.7. The van der Waals surface area contributed by atoms with Crippen LogP contribution in [0.5, 0.6) is 0 Å². The third-order valence-corrected chi connectivity index (χ3v) is 2.43. The van der Waals surface area contributed by atoms with Crippen LogP contribution >= 0.6 is 0 Å². The SMILES string of the molecule is Cc1cnc(NC(C)c2ccc(F)cc2)[nH]1. The van der Waals surface area contributed by atoms with E-state index in [-0.39, 0.29) is 11.9 Å².